The number of nitrogens with one attached hydrogen (secondary N) is 1. The molecule has 3 aliphatic rings. The minimum atomic E-state index is -0.939. The Hall–Kier alpha value is -2.15. The lowest BCUT2D eigenvalue weighted by Crippen LogP contribution is -2.47. The van der Waals surface area contributed by atoms with Crippen LogP contribution in [0.4, 0.5) is 5.00 Å². The minimum Gasteiger partial charge on any atom is -0.481 e. The lowest BCUT2D eigenvalue weighted by Gasteiger charge is -2.41. The molecule has 1 aromatic rings. The van der Waals surface area contributed by atoms with Gasteiger partial charge < -0.3 is 15.2 Å². The summed E-state index contributed by atoms with van der Waals surface area (Å²) in [6, 6.07) is 1.60. The Morgan fingerprint density at radius 1 is 1.25 bits per heavy atom. The van der Waals surface area contributed by atoms with E-state index in [2.05, 4.69) is 5.32 Å². The fraction of sp³-hybridized carbons (Fsp3) is 0.471. The van der Waals surface area contributed by atoms with E-state index in [-0.39, 0.29) is 24.3 Å². The first kappa shape index (κ1) is 16.7. The number of amides is 1. The number of aliphatic carboxylic acids is 1. The van der Waals surface area contributed by atoms with E-state index in [0.29, 0.717) is 10.6 Å². The maximum absolute atomic E-state index is 12.7. The van der Waals surface area contributed by atoms with E-state index in [9.17, 15) is 19.5 Å². The standard InChI is InChI=1S/C17H19NO5S/c1-2-23-17(22)11-7-8-24-15(11)18-14(19)12-9-3-5-10(6-4-9)13(12)16(20)21/h3,5,7-10,12-13H,2,4,6H2,1H3,(H,18,19)(H,20,21)/t9-,10-,12-,13-/m0/s1. The average Bonchev–Trinajstić information content (AvgIpc) is 3.03. The van der Waals surface area contributed by atoms with Crippen LogP contribution >= 0.6 is 11.3 Å². The van der Waals surface area contributed by atoms with Crippen molar-refractivity contribution >= 4 is 34.2 Å². The average molecular weight is 349 g/mol. The number of fused-ring (bicyclic) bond motifs is 2. The summed E-state index contributed by atoms with van der Waals surface area (Å²) in [5, 5.41) is 14.4. The molecule has 6 nitrogen and oxygen atoms in total. The molecule has 7 heteroatoms. The summed E-state index contributed by atoms with van der Waals surface area (Å²) in [6.45, 7) is 1.96. The van der Waals surface area contributed by atoms with E-state index in [1.54, 1.807) is 18.4 Å². The number of thiophene rings is 1. The van der Waals surface area contributed by atoms with Crippen molar-refractivity contribution in [3.8, 4) is 0 Å². The van der Waals surface area contributed by atoms with Gasteiger partial charge in [0.05, 0.1) is 24.0 Å². The highest BCUT2D eigenvalue weighted by molar-refractivity contribution is 7.14. The molecule has 2 N–H and O–H groups in total. The first-order chi connectivity index (χ1) is 11.5. The van der Waals surface area contributed by atoms with Gasteiger partial charge in [0.1, 0.15) is 5.00 Å². The first-order valence-corrected chi connectivity index (χ1v) is 8.87. The summed E-state index contributed by atoms with van der Waals surface area (Å²) in [5.41, 5.74) is 0.304. The van der Waals surface area contributed by atoms with Crippen LogP contribution in [-0.2, 0) is 14.3 Å². The highest BCUT2D eigenvalue weighted by atomic mass is 32.1. The van der Waals surface area contributed by atoms with Crippen LogP contribution in [0.5, 0.6) is 0 Å². The number of anilines is 1. The van der Waals surface area contributed by atoms with Crippen LogP contribution in [0, 0.1) is 23.7 Å². The number of carboxylic acids is 1. The van der Waals surface area contributed by atoms with Crippen LogP contribution in [0.1, 0.15) is 30.1 Å². The Morgan fingerprint density at radius 3 is 2.50 bits per heavy atom. The number of ether oxygens (including phenoxy) is 1. The third-order valence-corrected chi connectivity index (χ3v) is 5.56. The quantitative estimate of drug-likeness (QED) is 0.630. The number of hydrogen-bond donors (Lipinski definition) is 2. The van der Waals surface area contributed by atoms with Crippen LogP contribution in [0.3, 0.4) is 0 Å². The molecule has 1 saturated carbocycles. The second kappa shape index (κ2) is 6.76. The Balaban J connectivity index is 1.80. The highest BCUT2D eigenvalue weighted by Crippen LogP contribution is 2.45. The summed E-state index contributed by atoms with van der Waals surface area (Å²) in [4.78, 5) is 36.3. The lowest BCUT2D eigenvalue weighted by atomic mass is 9.62. The molecule has 3 aliphatic carbocycles. The Kier molecular flexibility index (Phi) is 4.71. The van der Waals surface area contributed by atoms with E-state index in [0.717, 1.165) is 12.8 Å². The lowest BCUT2D eigenvalue weighted by molar-refractivity contribution is -0.151. The molecule has 0 aliphatic heterocycles. The third-order valence-electron chi connectivity index (χ3n) is 4.73. The summed E-state index contributed by atoms with van der Waals surface area (Å²) < 4.78 is 4.97. The van der Waals surface area contributed by atoms with Gasteiger partial charge in [0.25, 0.3) is 0 Å². The molecule has 1 aromatic heterocycles. The SMILES string of the molecule is CCOC(=O)c1ccsc1NC(=O)[C@@H]1[C@@H](C(=O)O)[C@H]2C=C[C@H]1CC2. The molecule has 128 valence electrons. The smallest absolute Gasteiger partial charge is 0.341 e. The Morgan fingerprint density at radius 2 is 1.92 bits per heavy atom. The molecule has 24 heavy (non-hydrogen) atoms. The van der Waals surface area contributed by atoms with E-state index in [1.807, 2.05) is 12.2 Å². The molecular weight excluding hydrogens is 330 g/mol. The van der Waals surface area contributed by atoms with Crippen molar-refractivity contribution in [3.63, 3.8) is 0 Å². The molecule has 1 fully saturated rings. The molecule has 0 aromatic carbocycles. The fourth-order valence-electron chi connectivity index (χ4n) is 3.66. The van der Waals surface area contributed by atoms with Gasteiger partial charge in [0.15, 0.2) is 0 Å². The number of hydrogen-bond acceptors (Lipinski definition) is 5. The Bertz CT molecular complexity index is 695. The molecule has 4 atom stereocenters. The van der Waals surface area contributed by atoms with Gasteiger partial charge in [0.2, 0.25) is 5.91 Å². The summed E-state index contributed by atoms with van der Waals surface area (Å²) in [5.74, 6) is -3.25. The van der Waals surface area contributed by atoms with Gasteiger partial charge in [-0.05, 0) is 43.0 Å². The number of carboxylic acid groups (broad SMARTS) is 1. The minimum absolute atomic E-state index is 0.0675. The molecule has 0 saturated heterocycles. The summed E-state index contributed by atoms with van der Waals surface area (Å²) >= 11 is 1.23. The van der Waals surface area contributed by atoms with Gasteiger partial charge in [0, 0.05) is 0 Å². The van der Waals surface area contributed by atoms with Crippen molar-refractivity contribution in [1.82, 2.24) is 0 Å². The molecule has 0 unspecified atom stereocenters. The number of esters is 1. The van der Waals surface area contributed by atoms with Gasteiger partial charge in [-0.3, -0.25) is 9.59 Å². The predicted octanol–water partition coefficient (Wildman–Crippen LogP) is 2.78. The van der Waals surface area contributed by atoms with Crippen molar-refractivity contribution in [2.24, 2.45) is 23.7 Å². The largest absolute Gasteiger partial charge is 0.481 e. The highest BCUT2D eigenvalue weighted by Gasteiger charge is 2.48. The second-order valence-corrected chi connectivity index (χ2v) is 6.97. The topological polar surface area (TPSA) is 92.7 Å². The molecule has 0 radical (unpaired) electrons. The summed E-state index contributed by atoms with van der Waals surface area (Å²) in [7, 11) is 0. The van der Waals surface area contributed by atoms with Gasteiger partial charge in [-0.1, -0.05) is 12.2 Å². The van der Waals surface area contributed by atoms with E-state index in [1.165, 1.54) is 11.3 Å². The monoisotopic (exact) mass is 349 g/mol. The number of rotatable bonds is 5. The molecule has 0 spiro atoms. The molecule has 2 bridgehead atoms. The number of carbonyl (C=O) groups excluding carboxylic acids is 2. The normalized spacial score (nSPS) is 27.7. The zero-order valence-corrected chi connectivity index (χ0v) is 14.0. The van der Waals surface area contributed by atoms with Crippen molar-refractivity contribution < 1.29 is 24.2 Å². The van der Waals surface area contributed by atoms with E-state index in [4.69, 9.17) is 4.74 Å². The first-order valence-electron chi connectivity index (χ1n) is 7.99. The van der Waals surface area contributed by atoms with Crippen LogP contribution in [0.15, 0.2) is 23.6 Å². The molecule has 1 amide bonds. The van der Waals surface area contributed by atoms with Crippen LogP contribution in [-0.4, -0.2) is 29.6 Å². The number of allylic oxidation sites excluding steroid dienone is 2. The zero-order valence-electron chi connectivity index (χ0n) is 13.2. The zero-order chi connectivity index (χ0) is 17.3. The van der Waals surface area contributed by atoms with Gasteiger partial charge in [-0.25, -0.2) is 4.79 Å². The predicted molar refractivity (Wildman–Crippen MR) is 88.9 cm³/mol. The van der Waals surface area contributed by atoms with Crippen molar-refractivity contribution in [2.75, 3.05) is 11.9 Å². The van der Waals surface area contributed by atoms with Gasteiger partial charge >= 0.3 is 11.9 Å². The molecule has 1 heterocycles. The van der Waals surface area contributed by atoms with Gasteiger partial charge in [-0.2, -0.15) is 0 Å². The maximum Gasteiger partial charge on any atom is 0.341 e. The Labute approximate surface area is 143 Å². The van der Waals surface area contributed by atoms with Crippen LogP contribution in [0.25, 0.3) is 0 Å². The molecule has 4 rings (SSSR count). The summed E-state index contributed by atoms with van der Waals surface area (Å²) in [6.07, 6.45) is 5.50. The van der Waals surface area contributed by atoms with Crippen LogP contribution < -0.4 is 5.32 Å². The van der Waals surface area contributed by atoms with Crippen molar-refractivity contribution in [2.45, 2.75) is 19.8 Å². The van der Waals surface area contributed by atoms with E-state index >= 15 is 0 Å². The van der Waals surface area contributed by atoms with Crippen molar-refractivity contribution in [3.05, 3.63) is 29.2 Å². The third kappa shape index (κ3) is 2.96. The van der Waals surface area contributed by atoms with E-state index < -0.39 is 23.8 Å². The maximum atomic E-state index is 12.7. The number of carbonyl (C=O) groups is 3. The van der Waals surface area contributed by atoms with Gasteiger partial charge in [-0.15, -0.1) is 11.3 Å². The fourth-order valence-corrected chi connectivity index (χ4v) is 4.44. The molecular formula is C17H19NO5S. The van der Waals surface area contributed by atoms with Crippen molar-refractivity contribution in [1.29, 1.82) is 0 Å². The van der Waals surface area contributed by atoms with Crippen LogP contribution in [0.2, 0.25) is 0 Å². The second-order valence-electron chi connectivity index (χ2n) is 6.05.